The van der Waals surface area contributed by atoms with Crippen molar-refractivity contribution < 1.29 is 0 Å². The summed E-state index contributed by atoms with van der Waals surface area (Å²) in [6.45, 7) is 5.03. The SMILES string of the molecule is CCc1nc(CC)n(CCS)n1. The van der Waals surface area contributed by atoms with Crippen molar-refractivity contribution >= 4 is 12.6 Å². The Morgan fingerprint density at radius 1 is 1.33 bits per heavy atom. The van der Waals surface area contributed by atoms with Gasteiger partial charge in [0.1, 0.15) is 5.82 Å². The summed E-state index contributed by atoms with van der Waals surface area (Å²) in [5.41, 5.74) is 0. The number of aryl methyl sites for hydroxylation is 3. The van der Waals surface area contributed by atoms with Crippen LogP contribution in [0.3, 0.4) is 0 Å². The minimum absolute atomic E-state index is 0.819. The second-order valence-corrected chi connectivity index (χ2v) is 3.05. The molecule has 0 saturated carbocycles. The van der Waals surface area contributed by atoms with Crippen LogP contribution in [-0.4, -0.2) is 20.5 Å². The maximum atomic E-state index is 4.38. The van der Waals surface area contributed by atoms with Gasteiger partial charge in [-0.05, 0) is 0 Å². The second-order valence-electron chi connectivity index (χ2n) is 2.60. The number of nitrogens with zero attached hydrogens (tertiary/aromatic N) is 3. The summed E-state index contributed by atoms with van der Waals surface area (Å²) in [6.07, 6.45) is 1.85. The summed E-state index contributed by atoms with van der Waals surface area (Å²) in [4.78, 5) is 4.38. The van der Waals surface area contributed by atoms with Gasteiger partial charge in [-0.1, -0.05) is 13.8 Å². The van der Waals surface area contributed by atoms with Gasteiger partial charge in [-0.15, -0.1) is 0 Å². The summed E-state index contributed by atoms with van der Waals surface area (Å²) in [7, 11) is 0. The molecule has 0 saturated heterocycles. The lowest BCUT2D eigenvalue weighted by Crippen LogP contribution is -2.05. The summed E-state index contributed by atoms with van der Waals surface area (Å²) in [5.74, 6) is 2.83. The maximum absolute atomic E-state index is 4.38. The summed E-state index contributed by atoms with van der Waals surface area (Å²) in [5, 5.41) is 4.35. The third kappa shape index (κ3) is 2.00. The number of hydrogen-bond acceptors (Lipinski definition) is 3. The van der Waals surface area contributed by atoms with Crippen molar-refractivity contribution in [2.45, 2.75) is 33.2 Å². The summed E-state index contributed by atoms with van der Waals surface area (Å²) < 4.78 is 1.95. The van der Waals surface area contributed by atoms with Crippen LogP contribution in [0.25, 0.3) is 0 Å². The second kappa shape index (κ2) is 4.50. The molecule has 0 amide bonds. The van der Waals surface area contributed by atoms with Crippen LogP contribution in [0.2, 0.25) is 0 Å². The van der Waals surface area contributed by atoms with Crippen LogP contribution >= 0.6 is 12.6 Å². The van der Waals surface area contributed by atoms with Crippen molar-refractivity contribution in [3.8, 4) is 0 Å². The third-order valence-corrected chi connectivity index (χ3v) is 1.94. The Morgan fingerprint density at radius 2 is 2.08 bits per heavy atom. The van der Waals surface area contributed by atoms with Crippen LogP contribution in [0.4, 0.5) is 0 Å². The van der Waals surface area contributed by atoms with E-state index < -0.39 is 0 Å². The molecular weight excluding hydrogens is 170 g/mol. The van der Waals surface area contributed by atoms with Gasteiger partial charge in [-0.25, -0.2) is 9.67 Å². The van der Waals surface area contributed by atoms with Gasteiger partial charge in [0.15, 0.2) is 5.82 Å². The molecule has 3 nitrogen and oxygen atoms in total. The number of rotatable bonds is 4. The van der Waals surface area contributed by atoms with Crippen LogP contribution in [0.15, 0.2) is 0 Å². The molecule has 0 aromatic carbocycles. The molecule has 0 N–H and O–H groups in total. The first kappa shape index (κ1) is 9.58. The predicted octanol–water partition coefficient (Wildman–Crippen LogP) is 1.33. The van der Waals surface area contributed by atoms with Crippen LogP contribution in [0, 0.1) is 0 Å². The Bertz CT molecular complexity index is 244. The van der Waals surface area contributed by atoms with E-state index in [1.807, 2.05) is 4.68 Å². The molecule has 0 aliphatic carbocycles. The Hall–Kier alpha value is -0.510. The maximum Gasteiger partial charge on any atom is 0.150 e. The molecule has 0 unspecified atom stereocenters. The highest BCUT2D eigenvalue weighted by atomic mass is 32.1. The van der Waals surface area contributed by atoms with E-state index >= 15 is 0 Å². The average Bonchev–Trinajstić information content (AvgIpc) is 2.48. The van der Waals surface area contributed by atoms with Gasteiger partial charge < -0.3 is 0 Å². The van der Waals surface area contributed by atoms with Gasteiger partial charge in [0.05, 0.1) is 6.54 Å². The lowest BCUT2D eigenvalue weighted by molar-refractivity contribution is 0.621. The molecule has 0 radical (unpaired) electrons. The van der Waals surface area contributed by atoms with E-state index in [1.54, 1.807) is 0 Å². The van der Waals surface area contributed by atoms with Crippen molar-refractivity contribution in [1.29, 1.82) is 0 Å². The molecule has 0 atom stereocenters. The first-order chi connectivity index (χ1) is 5.81. The van der Waals surface area contributed by atoms with E-state index in [4.69, 9.17) is 0 Å². The first-order valence-corrected chi connectivity index (χ1v) is 4.98. The fraction of sp³-hybridized carbons (Fsp3) is 0.750. The van der Waals surface area contributed by atoms with Crippen molar-refractivity contribution in [2.24, 2.45) is 0 Å². The standard InChI is InChI=1S/C8H15N3S/c1-3-7-9-8(4-2)11(10-7)5-6-12/h12H,3-6H2,1-2H3. The van der Waals surface area contributed by atoms with Crippen molar-refractivity contribution in [1.82, 2.24) is 14.8 Å². The first-order valence-electron chi connectivity index (χ1n) is 4.35. The molecule has 0 spiro atoms. The Balaban J connectivity index is 2.84. The van der Waals surface area contributed by atoms with Gasteiger partial charge in [0, 0.05) is 18.6 Å². The largest absolute Gasteiger partial charge is 0.249 e. The fourth-order valence-corrected chi connectivity index (χ4v) is 1.30. The van der Waals surface area contributed by atoms with Crippen molar-refractivity contribution in [3.63, 3.8) is 0 Å². The quantitative estimate of drug-likeness (QED) is 0.717. The molecule has 0 aliphatic heterocycles. The van der Waals surface area contributed by atoms with E-state index in [1.165, 1.54) is 0 Å². The molecule has 12 heavy (non-hydrogen) atoms. The number of aromatic nitrogens is 3. The predicted molar refractivity (Wildman–Crippen MR) is 52.6 cm³/mol. The molecule has 4 heteroatoms. The smallest absolute Gasteiger partial charge is 0.150 e. The van der Waals surface area contributed by atoms with Crippen LogP contribution in [0.5, 0.6) is 0 Å². The van der Waals surface area contributed by atoms with Gasteiger partial charge >= 0.3 is 0 Å². The average molecular weight is 185 g/mol. The number of hydrogen-bond donors (Lipinski definition) is 1. The highest BCUT2D eigenvalue weighted by Gasteiger charge is 2.04. The number of thiol groups is 1. The van der Waals surface area contributed by atoms with Gasteiger partial charge in [0.2, 0.25) is 0 Å². The van der Waals surface area contributed by atoms with Gasteiger partial charge in [0.25, 0.3) is 0 Å². The summed E-state index contributed by atoms with van der Waals surface area (Å²) in [6, 6.07) is 0. The molecule has 1 aromatic rings. The van der Waals surface area contributed by atoms with E-state index in [9.17, 15) is 0 Å². The van der Waals surface area contributed by atoms with Crippen molar-refractivity contribution in [3.05, 3.63) is 11.6 Å². The lowest BCUT2D eigenvalue weighted by Gasteiger charge is -1.99. The minimum atomic E-state index is 0.819. The Labute approximate surface area is 78.6 Å². The van der Waals surface area contributed by atoms with E-state index in [2.05, 4.69) is 36.6 Å². The lowest BCUT2D eigenvalue weighted by atomic mass is 10.4. The van der Waals surface area contributed by atoms with Crippen LogP contribution in [-0.2, 0) is 19.4 Å². The van der Waals surface area contributed by atoms with Gasteiger partial charge in [-0.2, -0.15) is 17.7 Å². The molecular formula is C8H15N3S. The Kier molecular flexibility index (Phi) is 3.59. The minimum Gasteiger partial charge on any atom is -0.249 e. The van der Waals surface area contributed by atoms with E-state index in [0.29, 0.717) is 0 Å². The van der Waals surface area contributed by atoms with E-state index in [0.717, 1.165) is 36.8 Å². The third-order valence-electron chi connectivity index (χ3n) is 1.74. The molecule has 68 valence electrons. The molecule has 0 fully saturated rings. The molecule has 1 heterocycles. The molecule has 0 aliphatic rings. The van der Waals surface area contributed by atoms with E-state index in [-0.39, 0.29) is 0 Å². The molecule has 0 bridgehead atoms. The normalized spacial score (nSPS) is 10.6. The zero-order chi connectivity index (χ0) is 8.97. The Morgan fingerprint density at radius 3 is 2.58 bits per heavy atom. The monoisotopic (exact) mass is 185 g/mol. The molecule has 1 aromatic heterocycles. The van der Waals surface area contributed by atoms with Crippen molar-refractivity contribution in [2.75, 3.05) is 5.75 Å². The highest BCUT2D eigenvalue weighted by molar-refractivity contribution is 7.80. The van der Waals surface area contributed by atoms with Crippen LogP contribution < -0.4 is 0 Å². The van der Waals surface area contributed by atoms with Gasteiger partial charge in [-0.3, -0.25) is 0 Å². The fourth-order valence-electron chi connectivity index (χ4n) is 1.11. The zero-order valence-corrected chi connectivity index (χ0v) is 8.51. The topological polar surface area (TPSA) is 30.7 Å². The molecule has 1 rings (SSSR count). The zero-order valence-electron chi connectivity index (χ0n) is 7.62. The highest BCUT2D eigenvalue weighted by Crippen LogP contribution is 2.00. The van der Waals surface area contributed by atoms with Crippen LogP contribution in [0.1, 0.15) is 25.5 Å². The summed E-state index contributed by atoms with van der Waals surface area (Å²) >= 11 is 4.17.